The second-order valence-corrected chi connectivity index (χ2v) is 6.09. The predicted octanol–water partition coefficient (Wildman–Crippen LogP) is 2.07. The fourth-order valence-corrected chi connectivity index (χ4v) is 3.36. The molecule has 1 amide bonds. The molecule has 0 spiro atoms. The summed E-state index contributed by atoms with van der Waals surface area (Å²) in [5.74, 6) is 0.151. The summed E-state index contributed by atoms with van der Waals surface area (Å²) in [6.07, 6.45) is 8.75. The van der Waals surface area contributed by atoms with Gasteiger partial charge < -0.3 is 15.4 Å². The second-order valence-electron chi connectivity index (χ2n) is 6.09. The maximum Gasteiger partial charge on any atom is 0.251 e. The normalized spacial score (nSPS) is 25.1. The second kappa shape index (κ2) is 6.71. The van der Waals surface area contributed by atoms with Crippen molar-refractivity contribution in [2.24, 2.45) is 5.73 Å². The van der Waals surface area contributed by atoms with Crippen LogP contribution in [0.2, 0.25) is 0 Å². The van der Waals surface area contributed by atoms with Crippen LogP contribution in [-0.4, -0.2) is 42.1 Å². The lowest BCUT2D eigenvalue weighted by Gasteiger charge is -2.39. The molecule has 1 heterocycles. The molecule has 1 unspecified atom stereocenters. The van der Waals surface area contributed by atoms with E-state index in [-0.39, 0.29) is 17.6 Å². The van der Waals surface area contributed by atoms with Crippen LogP contribution in [0.3, 0.4) is 0 Å². The van der Waals surface area contributed by atoms with Gasteiger partial charge in [-0.05, 0) is 39.0 Å². The maximum atomic E-state index is 12.4. The first kappa shape index (κ1) is 14.8. The summed E-state index contributed by atoms with van der Waals surface area (Å²) in [6, 6.07) is 0. The number of hydrogen-bond donors (Lipinski definition) is 1. The van der Waals surface area contributed by atoms with E-state index in [9.17, 15) is 4.79 Å². The molecule has 19 heavy (non-hydrogen) atoms. The van der Waals surface area contributed by atoms with Gasteiger partial charge in [-0.1, -0.05) is 19.3 Å². The molecule has 2 rings (SSSR count). The van der Waals surface area contributed by atoms with Crippen LogP contribution in [0.25, 0.3) is 0 Å². The number of hydrogen-bond acceptors (Lipinski definition) is 3. The summed E-state index contributed by atoms with van der Waals surface area (Å²) in [4.78, 5) is 14.3. The average molecular weight is 268 g/mol. The highest BCUT2D eigenvalue weighted by Crippen LogP contribution is 2.32. The smallest absolute Gasteiger partial charge is 0.251 e. The quantitative estimate of drug-likeness (QED) is 0.849. The fraction of sp³-hybridized carbons (Fsp3) is 0.933. The first-order valence-corrected chi connectivity index (χ1v) is 7.83. The van der Waals surface area contributed by atoms with Crippen LogP contribution in [-0.2, 0) is 9.53 Å². The largest absolute Gasteiger partial charge is 0.361 e. The SMILES string of the molecule is CC(OC1(CN)CCCCC1)C(=O)N1CCCCC1. The number of amides is 1. The Hall–Kier alpha value is -0.610. The monoisotopic (exact) mass is 268 g/mol. The summed E-state index contributed by atoms with van der Waals surface area (Å²) in [5.41, 5.74) is 5.67. The Kier molecular flexibility index (Phi) is 5.22. The van der Waals surface area contributed by atoms with Gasteiger partial charge in [-0.25, -0.2) is 0 Å². The minimum absolute atomic E-state index is 0.151. The summed E-state index contributed by atoms with van der Waals surface area (Å²) < 4.78 is 6.13. The third-order valence-electron chi connectivity index (χ3n) is 4.58. The molecule has 0 radical (unpaired) electrons. The van der Waals surface area contributed by atoms with Gasteiger partial charge in [0.15, 0.2) is 0 Å². The van der Waals surface area contributed by atoms with Crippen molar-refractivity contribution >= 4 is 5.91 Å². The molecular weight excluding hydrogens is 240 g/mol. The lowest BCUT2D eigenvalue weighted by atomic mass is 9.84. The van der Waals surface area contributed by atoms with E-state index in [4.69, 9.17) is 10.5 Å². The van der Waals surface area contributed by atoms with Crippen LogP contribution in [0.5, 0.6) is 0 Å². The van der Waals surface area contributed by atoms with Gasteiger partial charge in [0.2, 0.25) is 0 Å². The zero-order chi connectivity index (χ0) is 13.7. The number of piperidine rings is 1. The molecule has 4 nitrogen and oxygen atoms in total. The number of likely N-dealkylation sites (tertiary alicyclic amines) is 1. The Morgan fingerprint density at radius 3 is 2.32 bits per heavy atom. The first-order valence-electron chi connectivity index (χ1n) is 7.83. The Balaban J connectivity index is 1.90. The lowest BCUT2D eigenvalue weighted by Crippen LogP contribution is -2.49. The standard InChI is InChI=1S/C15H28N2O2/c1-13(14(18)17-10-6-3-7-11-17)19-15(12-16)8-4-2-5-9-15/h13H,2-12,16H2,1H3. The van der Waals surface area contributed by atoms with E-state index in [1.807, 2.05) is 11.8 Å². The summed E-state index contributed by atoms with van der Waals surface area (Å²) >= 11 is 0. The van der Waals surface area contributed by atoms with Crippen molar-refractivity contribution in [1.29, 1.82) is 0 Å². The molecular formula is C15H28N2O2. The number of carbonyl (C=O) groups excluding carboxylic acids is 1. The Bertz CT molecular complexity index is 295. The lowest BCUT2D eigenvalue weighted by molar-refractivity contribution is -0.159. The number of nitrogens with zero attached hydrogens (tertiary/aromatic N) is 1. The fourth-order valence-electron chi connectivity index (χ4n) is 3.36. The minimum Gasteiger partial charge on any atom is -0.361 e. The molecule has 1 aliphatic carbocycles. The van der Waals surface area contributed by atoms with Crippen LogP contribution in [0.1, 0.15) is 58.3 Å². The van der Waals surface area contributed by atoms with Crippen molar-refractivity contribution in [3.8, 4) is 0 Å². The van der Waals surface area contributed by atoms with Crippen LogP contribution in [0.4, 0.5) is 0 Å². The van der Waals surface area contributed by atoms with Crippen molar-refractivity contribution in [2.75, 3.05) is 19.6 Å². The summed E-state index contributed by atoms with van der Waals surface area (Å²) in [6.45, 7) is 4.21. The van der Waals surface area contributed by atoms with E-state index in [2.05, 4.69) is 0 Å². The van der Waals surface area contributed by atoms with Gasteiger partial charge in [-0.2, -0.15) is 0 Å². The Morgan fingerprint density at radius 1 is 1.16 bits per heavy atom. The molecule has 2 N–H and O–H groups in total. The molecule has 2 fully saturated rings. The van der Waals surface area contributed by atoms with Crippen molar-refractivity contribution < 1.29 is 9.53 Å². The maximum absolute atomic E-state index is 12.4. The molecule has 0 aromatic heterocycles. The predicted molar refractivity (Wildman–Crippen MR) is 75.8 cm³/mol. The van der Waals surface area contributed by atoms with Gasteiger partial charge in [0.1, 0.15) is 6.10 Å². The molecule has 2 aliphatic rings. The van der Waals surface area contributed by atoms with E-state index in [0.717, 1.165) is 38.8 Å². The van der Waals surface area contributed by atoms with Crippen LogP contribution >= 0.6 is 0 Å². The zero-order valence-corrected chi connectivity index (χ0v) is 12.2. The van der Waals surface area contributed by atoms with E-state index in [0.29, 0.717) is 6.54 Å². The van der Waals surface area contributed by atoms with Crippen LogP contribution in [0.15, 0.2) is 0 Å². The molecule has 4 heteroatoms. The highest BCUT2D eigenvalue weighted by atomic mass is 16.5. The molecule has 0 bridgehead atoms. The molecule has 1 saturated carbocycles. The van der Waals surface area contributed by atoms with Crippen LogP contribution in [0, 0.1) is 0 Å². The number of carbonyl (C=O) groups is 1. The van der Waals surface area contributed by atoms with Gasteiger partial charge in [0, 0.05) is 19.6 Å². The van der Waals surface area contributed by atoms with Crippen molar-refractivity contribution in [3.05, 3.63) is 0 Å². The van der Waals surface area contributed by atoms with Gasteiger partial charge in [0.25, 0.3) is 5.91 Å². The number of ether oxygens (including phenoxy) is 1. The van der Waals surface area contributed by atoms with Gasteiger partial charge >= 0.3 is 0 Å². The van der Waals surface area contributed by atoms with Gasteiger partial charge in [-0.3, -0.25) is 4.79 Å². The van der Waals surface area contributed by atoms with Gasteiger partial charge in [0.05, 0.1) is 5.60 Å². The molecule has 1 atom stereocenters. The van der Waals surface area contributed by atoms with Crippen molar-refractivity contribution in [3.63, 3.8) is 0 Å². The topological polar surface area (TPSA) is 55.6 Å². The van der Waals surface area contributed by atoms with E-state index in [1.54, 1.807) is 0 Å². The molecule has 0 aromatic rings. The highest BCUT2D eigenvalue weighted by molar-refractivity contribution is 5.80. The zero-order valence-electron chi connectivity index (χ0n) is 12.2. The first-order chi connectivity index (χ1) is 9.17. The van der Waals surface area contributed by atoms with Crippen molar-refractivity contribution in [1.82, 2.24) is 4.90 Å². The molecule has 0 aromatic carbocycles. The Labute approximate surface area is 116 Å². The van der Waals surface area contributed by atoms with E-state index in [1.165, 1.54) is 25.7 Å². The summed E-state index contributed by atoms with van der Waals surface area (Å²) in [7, 11) is 0. The highest BCUT2D eigenvalue weighted by Gasteiger charge is 2.36. The number of nitrogens with two attached hydrogens (primary N) is 1. The van der Waals surface area contributed by atoms with Crippen LogP contribution < -0.4 is 5.73 Å². The Morgan fingerprint density at radius 2 is 1.74 bits per heavy atom. The molecule has 1 aliphatic heterocycles. The van der Waals surface area contributed by atoms with Gasteiger partial charge in [-0.15, -0.1) is 0 Å². The summed E-state index contributed by atoms with van der Waals surface area (Å²) in [5, 5.41) is 0. The van der Waals surface area contributed by atoms with Crippen molar-refractivity contribution in [2.45, 2.75) is 70.0 Å². The average Bonchev–Trinajstić information content (AvgIpc) is 2.48. The van der Waals surface area contributed by atoms with E-state index >= 15 is 0 Å². The molecule has 110 valence electrons. The third kappa shape index (κ3) is 3.69. The van der Waals surface area contributed by atoms with E-state index < -0.39 is 0 Å². The molecule has 1 saturated heterocycles. The third-order valence-corrected chi connectivity index (χ3v) is 4.58. The number of rotatable bonds is 4. The minimum atomic E-state index is -0.347.